The number of halogens is 1. The predicted molar refractivity (Wildman–Crippen MR) is 87.3 cm³/mol. The Morgan fingerprint density at radius 1 is 1.09 bits per heavy atom. The van der Waals surface area contributed by atoms with E-state index in [-0.39, 0.29) is 11.8 Å². The van der Waals surface area contributed by atoms with Crippen LogP contribution in [0.4, 0.5) is 6.01 Å². The average Bonchev–Trinajstić information content (AvgIpc) is 3.17. The molecule has 3 rings (SSSR count). The van der Waals surface area contributed by atoms with Crippen molar-refractivity contribution in [3.63, 3.8) is 0 Å². The molecule has 0 aliphatic rings. The van der Waals surface area contributed by atoms with Crippen molar-refractivity contribution in [3.8, 4) is 0 Å². The topological polar surface area (TPSA) is 81.2 Å². The molecule has 1 amide bonds. The third-order valence-corrected chi connectivity index (χ3v) is 3.70. The molecular weight excluding hydrogens is 362 g/mol. The molecule has 7 heteroatoms. The number of carbonyl (C=O) groups is 1. The second-order valence-electron chi connectivity index (χ2n) is 4.91. The average molecular weight is 376 g/mol. The van der Waals surface area contributed by atoms with Crippen molar-refractivity contribution in [2.24, 2.45) is 0 Å². The van der Waals surface area contributed by atoms with Gasteiger partial charge in [0.15, 0.2) is 10.4 Å². The minimum atomic E-state index is -0.446. The van der Waals surface area contributed by atoms with E-state index in [4.69, 9.17) is 8.83 Å². The van der Waals surface area contributed by atoms with Crippen molar-refractivity contribution < 1.29 is 13.6 Å². The van der Waals surface area contributed by atoms with Crippen LogP contribution in [0.5, 0.6) is 0 Å². The molecule has 0 fully saturated rings. The van der Waals surface area contributed by atoms with Crippen LogP contribution in [-0.4, -0.2) is 16.1 Å². The molecule has 2 heterocycles. The largest absolute Gasteiger partial charge is 0.444 e. The number of aromatic nitrogens is 2. The SMILES string of the molecule is CCc1ccc(Cc2nnc(NC(=O)c3ccc(Br)o3)o2)cc1. The van der Waals surface area contributed by atoms with E-state index in [1.54, 1.807) is 12.1 Å². The number of hydrogen-bond donors (Lipinski definition) is 1. The molecule has 0 bridgehead atoms. The lowest BCUT2D eigenvalue weighted by Crippen LogP contribution is -2.10. The van der Waals surface area contributed by atoms with Crippen LogP contribution in [-0.2, 0) is 12.8 Å². The number of nitrogens with one attached hydrogen (secondary N) is 1. The standard InChI is InChI=1S/C16H14BrN3O3/c1-2-10-3-5-11(6-4-10)9-14-19-20-16(23-14)18-15(21)12-7-8-13(17)22-12/h3-8H,2,9H2,1H3,(H,18,20,21). The number of hydrogen-bond acceptors (Lipinski definition) is 5. The summed E-state index contributed by atoms with van der Waals surface area (Å²) < 4.78 is 11.1. The van der Waals surface area contributed by atoms with Crippen molar-refractivity contribution in [1.82, 2.24) is 10.2 Å². The third-order valence-electron chi connectivity index (χ3n) is 3.27. The molecule has 3 aromatic rings. The lowest BCUT2D eigenvalue weighted by atomic mass is 10.1. The quantitative estimate of drug-likeness (QED) is 0.732. The zero-order valence-electron chi connectivity index (χ0n) is 12.4. The summed E-state index contributed by atoms with van der Waals surface area (Å²) in [5, 5.41) is 10.3. The van der Waals surface area contributed by atoms with Gasteiger partial charge in [0.05, 0.1) is 6.42 Å². The lowest BCUT2D eigenvalue weighted by molar-refractivity contribution is 0.0992. The van der Waals surface area contributed by atoms with Crippen molar-refractivity contribution in [2.45, 2.75) is 19.8 Å². The van der Waals surface area contributed by atoms with E-state index in [1.165, 1.54) is 5.56 Å². The summed E-state index contributed by atoms with van der Waals surface area (Å²) in [6, 6.07) is 11.4. The summed E-state index contributed by atoms with van der Waals surface area (Å²) in [5.41, 5.74) is 2.34. The number of benzene rings is 1. The van der Waals surface area contributed by atoms with Crippen LogP contribution in [0.1, 0.15) is 34.5 Å². The van der Waals surface area contributed by atoms with E-state index in [1.807, 2.05) is 12.1 Å². The van der Waals surface area contributed by atoms with Crippen LogP contribution in [0, 0.1) is 0 Å². The van der Waals surface area contributed by atoms with Gasteiger partial charge in [-0.3, -0.25) is 10.1 Å². The number of rotatable bonds is 5. The van der Waals surface area contributed by atoms with Crippen LogP contribution >= 0.6 is 15.9 Å². The van der Waals surface area contributed by atoms with Gasteiger partial charge in [-0.05, 0) is 45.6 Å². The highest BCUT2D eigenvalue weighted by molar-refractivity contribution is 9.10. The molecule has 0 spiro atoms. The molecule has 0 aliphatic heterocycles. The smallest absolute Gasteiger partial charge is 0.322 e. The summed E-state index contributed by atoms with van der Waals surface area (Å²) in [4.78, 5) is 11.9. The third kappa shape index (κ3) is 3.87. The van der Waals surface area contributed by atoms with Gasteiger partial charge in [0.2, 0.25) is 5.89 Å². The van der Waals surface area contributed by atoms with Gasteiger partial charge < -0.3 is 8.83 Å². The Kier molecular flexibility index (Phi) is 4.57. The fourth-order valence-electron chi connectivity index (χ4n) is 2.04. The minimum Gasteiger partial charge on any atom is -0.444 e. The fourth-order valence-corrected chi connectivity index (χ4v) is 2.34. The van der Waals surface area contributed by atoms with E-state index >= 15 is 0 Å². The van der Waals surface area contributed by atoms with Gasteiger partial charge in [0.1, 0.15) is 0 Å². The molecule has 0 aliphatic carbocycles. The highest BCUT2D eigenvalue weighted by atomic mass is 79.9. The van der Waals surface area contributed by atoms with Gasteiger partial charge >= 0.3 is 6.01 Å². The molecule has 0 unspecified atom stereocenters. The van der Waals surface area contributed by atoms with Crippen LogP contribution in [0.25, 0.3) is 0 Å². The predicted octanol–water partition coefficient (Wildman–Crippen LogP) is 3.83. The molecule has 118 valence electrons. The van der Waals surface area contributed by atoms with Crippen molar-refractivity contribution in [2.75, 3.05) is 5.32 Å². The Labute approximate surface area is 141 Å². The first-order valence-corrected chi connectivity index (χ1v) is 7.90. The fraction of sp³-hybridized carbons (Fsp3) is 0.188. The number of nitrogens with zero attached hydrogens (tertiary/aromatic N) is 2. The van der Waals surface area contributed by atoms with Crippen LogP contribution in [0.15, 0.2) is 49.9 Å². The molecule has 0 saturated carbocycles. The van der Waals surface area contributed by atoms with E-state index in [2.05, 4.69) is 50.5 Å². The lowest BCUT2D eigenvalue weighted by Gasteiger charge is -1.99. The van der Waals surface area contributed by atoms with Crippen LogP contribution < -0.4 is 5.32 Å². The molecule has 2 aromatic heterocycles. The zero-order chi connectivity index (χ0) is 16.2. The molecule has 0 atom stereocenters. The molecular formula is C16H14BrN3O3. The molecule has 23 heavy (non-hydrogen) atoms. The second kappa shape index (κ2) is 6.78. The van der Waals surface area contributed by atoms with Crippen molar-refractivity contribution in [3.05, 3.63) is 63.8 Å². The normalized spacial score (nSPS) is 10.7. The minimum absolute atomic E-state index is 0.0442. The maximum atomic E-state index is 11.9. The van der Waals surface area contributed by atoms with Gasteiger partial charge in [-0.1, -0.05) is 36.3 Å². The van der Waals surface area contributed by atoms with Gasteiger partial charge in [0.25, 0.3) is 5.91 Å². The Bertz CT molecular complexity index is 808. The first-order chi connectivity index (χ1) is 11.1. The van der Waals surface area contributed by atoms with Crippen LogP contribution in [0.2, 0.25) is 0 Å². The number of amides is 1. The Morgan fingerprint density at radius 2 is 1.83 bits per heavy atom. The first-order valence-electron chi connectivity index (χ1n) is 7.11. The Balaban J connectivity index is 1.64. The van der Waals surface area contributed by atoms with Gasteiger partial charge in [-0.25, -0.2) is 0 Å². The summed E-state index contributed by atoms with van der Waals surface area (Å²) in [6.45, 7) is 2.11. The van der Waals surface area contributed by atoms with Crippen LogP contribution in [0.3, 0.4) is 0 Å². The molecule has 0 saturated heterocycles. The van der Waals surface area contributed by atoms with Crippen molar-refractivity contribution in [1.29, 1.82) is 0 Å². The maximum Gasteiger partial charge on any atom is 0.322 e. The van der Waals surface area contributed by atoms with E-state index in [0.717, 1.165) is 12.0 Å². The summed E-state index contributed by atoms with van der Waals surface area (Å²) in [7, 11) is 0. The summed E-state index contributed by atoms with van der Waals surface area (Å²) in [5.74, 6) is 0.148. The highest BCUT2D eigenvalue weighted by Gasteiger charge is 2.14. The van der Waals surface area contributed by atoms with Gasteiger partial charge in [0, 0.05) is 0 Å². The summed E-state index contributed by atoms with van der Waals surface area (Å²) >= 11 is 3.14. The second-order valence-corrected chi connectivity index (χ2v) is 5.69. The van der Waals surface area contributed by atoms with Gasteiger partial charge in [-0.2, -0.15) is 0 Å². The summed E-state index contributed by atoms with van der Waals surface area (Å²) in [6.07, 6.45) is 1.51. The number of aryl methyl sites for hydroxylation is 1. The Morgan fingerprint density at radius 3 is 2.48 bits per heavy atom. The van der Waals surface area contributed by atoms with Crippen molar-refractivity contribution >= 4 is 27.9 Å². The van der Waals surface area contributed by atoms with E-state index in [9.17, 15) is 4.79 Å². The monoisotopic (exact) mass is 375 g/mol. The highest BCUT2D eigenvalue weighted by Crippen LogP contribution is 2.16. The number of furan rings is 1. The van der Waals surface area contributed by atoms with Gasteiger partial charge in [-0.15, -0.1) is 5.10 Å². The van der Waals surface area contributed by atoms with E-state index < -0.39 is 5.91 Å². The molecule has 1 N–H and O–H groups in total. The molecule has 0 radical (unpaired) electrons. The number of anilines is 1. The number of carbonyl (C=O) groups excluding carboxylic acids is 1. The Hall–Kier alpha value is -2.41. The maximum absolute atomic E-state index is 11.9. The molecule has 6 nitrogen and oxygen atoms in total. The zero-order valence-corrected chi connectivity index (χ0v) is 14.0. The first kappa shape index (κ1) is 15.5. The molecule has 1 aromatic carbocycles. The van der Waals surface area contributed by atoms with E-state index in [0.29, 0.717) is 17.0 Å².